The van der Waals surface area contributed by atoms with Gasteiger partial charge in [0.15, 0.2) is 17.5 Å². The molecule has 15 rings (SSSR count). The van der Waals surface area contributed by atoms with Crippen LogP contribution in [-0.2, 0) is 0 Å². The Labute approximate surface area is 406 Å². The minimum atomic E-state index is 0.550. The Kier molecular flexibility index (Phi) is 8.44. The Morgan fingerprint density at radius 1 is 0.338 bits per heavy atom. The Morgan fingerprint density at radius 3 is 1.59 bits per heavy atom. The predicted octanol–water partition coefficient (Wildman–Crippen LogP) is 16.8. The number of benzene rings is 10. The highest BCUT2D eigenvalue weighted by atomic mass is 16.3. The van der Waals surface area contributed by atoms with Gasteiger partial charge in [0.05, 0.1) is 38.7 Å². The van der Waals surface area contributed by atoms with Crippen LogP contribution in [-0.4, -0.2) is 24.1 Å². The Hall–Kier alpha value is -9.59. The largest absolute Gasteiger partial charge is 0.456 e. The molecule has 10 aromatic carbocycles. The molecule has 0 N–H and O–H groups in total. The normalized spacial score (nSPS) is 12.0. The number of para-hydroxylation sites is 4. The van der Waals surface area contributed by atoms with Crippen molar-refractivity contribution < 1.29 is 8.83 Å². The molecule has 0 saturated heterocycles. The van der Waals surface area contributed by atoms with Crippen molar-refractivity contribution in [3.05, 3.63) is 224 Å². The van der Waals surface area contributed by atoms with E-state index >= 15 is 0 Å². The van der Waals surface area contributed by atoms with E-state index in [1.807, 2.05) is 78.9 Å². The zero-order valence-electron chi connectivity index (χ0n) is 38.3. The summed E-state index contributed by atoms with van der Waals surface area (Å²) in [6.45, 7) is 2.15. The molecule has 332 valence electrons. The number of fused-ring (bicyclic) bond motifs is 12. The van der Waals surface area contributed by atoms with Crippen molar-refractivity contribution in [2.75, 3.05) is 0 Å². The van der Waals surface area contributed by atoms with Crippen LogP contribution >= 0.6 is 0 Å². The maximum Gasteiger partial charge on any atom is 0.168 e. The molecule has 7 nitrogen and oxygen atoms in total. The monoisotopic (exact) mass is 909 g/mol. The van der Waals surface area contributed by atoms with Crippen molar-refractivity contribution in [3.63, 3.8) is 0 Å². The predicted molar refractivity (Wildman–Crippen MR) is 290 cm³/mol. The first kappa shape index (κ1) is 39.4. The molecule has 0 aliphatic rings. The number of aryl methyl sites for hydroxylation is 1. The van der Waals surface area contributed by atoms with Crippen LogP contribution in [0.5, 0.6) is 0 Å². The Bertz CT molecular complexity index is 4580. The molecule has 0 unspecified atom stereocenters. The number of nitrogens with zero attached hydrogens (tertiary/aromatic N) is 5. The third kappa shape index (κ3) is 6.00. The standard InChI is InChI=1S/C64H39N5O2/c1-38-33-55(60-46-25-13-16-28-57(46)71-61(60)59(38)64-66-62(39-17-5-2-6-18-39)65-63(67-64)40-19-7-3-8-20-40)69-52-31-29-41(42-30-32-58-50(35-42)45-24-12-15-27-56(45)70-58)34-47(52)49-36-48-44-23-11-14-26-51(44)68(53(48)37-54(49)69)43-21-9-4-10-22-43/h2-37H,1H3. The summed E-state index contributed by atoms with van der Waals surface area (Å²) in [6.07, 6.45) is 0. The van der Waals surface area contributed by atoms with Gasteiger partial charge in [-0.25, -0.2) is 15.0 Å². The third-order valence-corrected chi connectivity index (χ3v) is 14.3. The Balaban J connectivity index is 1.05. The van der Waals surface area contributed by atoms with Crippen LogP contribution in [0.4, 0.5) is 0 Å². The molecule has 0 amide bonds. The molecule has 0 atom stereocenters. The molecule has 0 fully saturated rings. The van der Waals surface area contributed by atoms with Gasteiger partial charge >= 0.3 is 0 Å². The third-order valence-electron chi connectivity index (χ3n) is 14.3. The van der Waals surface area contributed by atoms with Gasteiger partial charge in [-0.1, -0.05) is 146 Å². The lowest BCUT2D eigenvalue weighted by Gasteiger charge is -2.15. The summed E-state index contributed by atoms with van der Waals surface area (Å²) in [5.41, 5.74) is 15.7. The number of hydrogen-bond acceptors (Lipinski definition) is 5. The molecule has 71 heavy (non-hydrogen) atoms. The van der Waals surface area contributed by atoms with E-state index in [4.69, 9.17) is 23.8 Å². The van der Waals surface area contributed by atoms with Gasteiger partial charge in [-0.15, -0.1) is 0 Å². The molecule has 0 radical (unpaired) electrons. The van der Waals surface area contributed by atoms with Gasteiger partial charge in [0, 0.05) is 54.5 Å². The molecular weight excluding hydrogens is 871 g/mol. The van der Waals surface area contributed by atoms with Crippen molar-refractivity contribution in [1.29, 1.82) is 0 Å². The molecule has 0 bridgehead atoms. The summed E-state index contributed by atoms with van der Waals surface area (Å²) in [7, 11) is 0. The van der Waals surface area contributed by atoms with Crippen LogP contribution in [0.2, 0.25) is 0 Å². The van der Waals surface area contributed by atoms with E-state index in [2.05, 4.69) is 156 Å². The molecule has 5 heterocycles. The molecular formula is C64H39N5O2. The van der Waals surface area contributed by atoms with Gasteiger partial charge in [0.2, 0.25) is 0 Å². The number of hydrogen-bond donors (Lipinski definition) is 0. The fourth-order valence-electron chi connectivity index (χ4n) is 11.1. The van der Waals surface area contributed by atoms with E-state index in [0.717, 1.165) is 121 Å². The summed E-state index contributed by atoms with van der Waals surface area (Å²) in [6, 6.07) is 76.8. The second kappa shape index (κ2) is 15.2. The molecule has 0 saturated carbocycles. The minimum absolute atomic E-state index is 0.550. The lowest BCUT2D eigenvalue weighted by atomic mass is 10.00. The van der Waals surface area contributed by atoms with Crippen LogP contribution < -0.4 is 0 Å². The van der Waals surface area contributed by atoms with E-state index in [9.17, 15) is 0 Å². The highest BCUT2D eigenvalue weighted by Crippen LogP contribution is 2.46. The molecule has 7 heteroatoms. The van der Waals surface area contributed by atoms with Crippen LogP contribution in [0.1, 0.15) is 5.56 Å². The quantitative estimate of drug-likeness (QED) is 0.166. The highest BCUT2D eigenvalue weighted by molar-refractivity contribution is 6.22. The first-order valence-corrected chi connectivity index (χ1v) is 23.9. The van der Waals surface area contributed by atoms with Gasteiger partial charge in [0.25, 0.3) is 0 Å². The topological polar surface area (TPSA) is 74.8 Å². The maximum absolute atomic E-state index is 7.07. The molecule has 0 aliphatic heterocycles. The summed E-state index contributed by atoms with van der Waals surface area (Å²) < 4.78 is 18.2. The molecule has 5 aromatic heterocycles. The van der Waals surface area contributed by atoms with Crippen molar-refractivity contribution in [1.82, 2.24) is 24.1 Å². The molecule has 0 spiro atoms. The van der Waals surface area contributed by atoms with Crippen molar-refractivity contribution in [3.8, 4) is 56.7 Å². The molecule has 0 aliphatic carbocycles. The number of aromatic nitrogens is 5. The summed E-state index contributed by atoms with van der Waals surface area (Å²) in [5, 5.41) is 8.89. The fourth-order valence-corrected chi connectivity index (χ4v) is 11.1. The zero-order valence-corrected chi connectivity index (χ0v) is 38.3. The first-order valence-electron chi connectivity index (χ1n) is 23.9. The van der Waals surface area contributed by atoms with E-state index in [0.29, 0.717) is 17.5 Å². The van der Waals surface area contributed by atoms with Gasteiger partial charge in [-0.2, -0.15) is 0 Å². The SMILES string of the molecule is Cc1cc(-n2c3ccc(-c4ccc5oc6ccccc6c5c4)cc3c3cc4c5ccccc5n(-c5ccccc5)c4cc32)c2c(oc3ccccc32)c1-c1nc(-c2ccccc2)nc(-c2ccccc2)n1. The average molecular weight is 910 g/mol. The van der Waals surface area contributed by atoms with E-state index in [1.54, 1.807) is 0 Å². The fraction of sp³-hybridized carbons (Fsp3) is 0.0156. The van der Waals surface area contributed by atoms with E-state index in [1.165, 1.54) is 10.8 Å². The van der Waals surface area contributed by atoms with Crippen molar-refractivity contribution in [2.24, 2.45) is 0 Å². The summed E-state index contributed by atoms with van der Waals surface area (Å²) in [5.74, 6) is 1.74. The van der Waals surface area contributed by atoms with Crippen LogP contribution in [0.15, 0.2) is 227 Å². The van der Waals surface area contributed by atoms with Crippen LogP contribution in [0.3, 0.4) is 0 Å². The number of rotatable bonds is 6. The molecule has 15 aromatic rings. The second-order valence-electron chi connectivity index (χ2n) is 18.4. The van der Waals surface area contributed by atoms with Gasteiger partial charge in [0.1, 0.15) is 22.3 Å². The lowest BCUT2D eigenvalue weighted by Crippen LogP contribution is -2.03. The first-order chi connectivity index (χ1) is 35.1. The smallest absolute Gasteiger partial charge is 0.168 e. The van der Waals surface area contributed by atoms with Crippen LogP contribution in [0.25, 0.3) is 144 Å². The van der Waals surface area contributed by atoms with Gasteiger partial charge in [-0.3, -0.25) is 0 Å². The maximum atomic E-state index is 7.07. The lowest BCUT2D eigenvalue weighted by molar-refractivity contribution is 0.668. The highest BCUT2D eigenvalue weighted by Gasteiger charge is 2.26. The second-order valence-corrected chi connectivity index (χ2v) is 18.4. The van der Waals surface area contributed by atoms with Crippen molar-refractivity contribution >= 4 is 87.5 Å². The van der Waals surface area contributed by atoms with Crippen molar-refractivity contribution in [2.45, 2.75) is 6.92 Å². The van der Waals surface area contributed by atoms with E-state index in [-0.39, 0.29) is 0 Å². The van der Waals surface area contributed by atoms with E-state index < -0.39 is 0 Å². The Morgan fingerprint density at radius 2 is 0.859 bits per heavy atom. The summed E-state index contributed by atoms with van der Waals surface area (Å²) in [4.78, 5) is 15.5. The summed E-state index contributed by atoms with van der Waals surface area (Å²) >= 11 is 0. The van der Waals surface area contributed by atoms with Gasteiger partial charge < -0.3 is 18.0 Å². The minimum Gasteiger partial charge on any atom is -0.456 e. The number of furan rings is 2. The van der Waals surface area contributed by atoms with Gasteiger partial charge in [-0.05, 0) is 96.4 Å². The zero-order chi connectivity index (χ0) is 46.7. The average Bonchev–Trinajstić information content (AvgIpc) is 4.18. The van der Waals surface area contributed by atoms with Crippen LogP contribution in [0, 0.1) is 6.92 Å².